The highest BCUT2D eigenvalue weighted by Gasteiger charge is 2.18. The second kappa shape index (κ2) is 8.41. The number of hydrogen-bond donors (Lipinski definition) is 3. The number of aliphatic imine (C=N–C) groups is 1. The van der Waals surface area contributed by atoms with Crippen molar-refractivity contribution in [2.45, 2.75) is 44.4 Å². The Morgan fingerprint density at radius 2 is 2.04 bits per heavy atom. The van der Waals surface area contributed by atoms with E-state index >= 15 is 0 Å². The summed E-state index contributed by atoms with van der Waals surface area (Å²) in [6.07, 6.45) is 4.56. The fourth-order valence-corrected chi connectivity index (χ4v) is 5.96. The molecule has 8 heteroatoms. The highest BCUT2D eigenvalue weighted by Crippen LogP contribution is 2.27. The van der Waals surface area contributed by atoms with Gasteiger partial charge in [0.1, 0.15) is 0 Å². The molecule has 4 N–H and O–H groups in total. The van der Waals surface area contributed by atoms with Gasteiger partial charge in [-0.3, -0.25) is 4.99 Å². The molecule has 0 saturated carbocycles. The standard InChI is InChI=1S/C19H26N4O2S2/c1-13-12-18(14(2)26-13)27(24,25)22-11-10-21-19(20)23-17-9-5-7-15-6-3-4-8-16(15)17/h5,7,9,12,22H,3-4,6,8,10-11H2,1-2H3,(H3,20,21,23). The molecule has 0 aliphatic heterocycles. The predicted molar refractivity (Wildman–Crippen MR) is 112 cm³/mol. The molecule has 0 amide bonds. The van der Waals surface area contributed by atoms with E-state index in [1.807, 2.05) is 26.0 Å². The lowest BCUT2D eigenvalue weighted by molar-refractivity contribution is 0.582. The maximum absolute atomic E-state index is 12.4. The van der Waals surface area contributed by atoms with Crippen LogP contribution in [0.2, 0.25) is 0 Å². The Morgan fingerprint density at radius 1 is 1.26 bits per heavy atom. The van der Waals surface area contributed by atoms with E-state index in [1.54, 1.807) is 6.07 Å². The van der Waals surface area contributed by atoms with Gasteiger partial charge in [-0.05, 0) is 62.8 Å². The quantitative estimate of drug-likeness (QED) is 0.390. The molecule has 1 aromatic carbocycles. The molecule has 1 aromatic heterocycles. The van der Waals surface area contributed by atoms with Gasteiger partial charge in [0.25, 0.3) is 0 Å². The van der Waals surface area contributed by atoms with Gasteiger partial charge < -0.3 is 11.1 Å². The zero-order valence-corrected chi connectivity index (χ0v) is 17.3. The van der Waals surface area contributed by atoms with Crippen LogP contribution < -0.4 is 15.8 Å². The predicted octanol–water partition coefficient (Wildman–Crippen LogP) is 2.95. The van der Waals surface area contributed by atoms with Crippen LogP contribution in [0.5, 0.6) is 0 Å². The molecular formula is C19H26N4O2S2. The van der Waals surface area contributed by atoms with Crippen LogP contribution in [0.4, 0.5) is 5.69 Å². The third-order valence-corrected chi connectivity index (χ3v) is 7.31. The minimum Gasteiger partial charge on any atom is -0.370 e. The van der Waals surface area contributed by atoms with Crippen molar-refractivity contribution in [3.05, 3.63) is 45.1 Å². The van der Waals surface area contributed by atoms with E-state index < -0.39 is 10.0 Å². The molecule has 0 fully saturated rings. The Balaban J connectivity index is 1.57. The molecule has 0 atom stereocenters. The molecule has 146 valence electrons. The van der Waals surface area contributed by atoms with Crippen molar-refractivity contribution in [1.82, 2.24) is 4.72 Å². The lowest BCUT2D eigenvalue weighted by atomic mass is 9.90. The average molecular weight is 407 g/mol. The van der Waals surface area contributed by atoms with E-state index in [2.05, 4.69) is 21.1 Å². The highest BCUT2D eigenvalue weighted by molar-refractivity contribution is 7.89. The van der Waals surface area contributed by atoms with Gasteiger partial charge in [-0.2, -0.15) is 0 Å². The van der Waals surface area contributed by atoms with E-state index in [-0.39, 0.29) is 13.1 Å². The van der Waals surface area contributed by atoms with Crippen molar-refractivity contribution in [3.63, 3.8) is 0 Å². The molecule has 1 aliphatic carbocycles. The van der Waals surface area contributed by atoms with Crippen LogP contribution in [0.3, 0.4) is 0 Å². The molecule has 2 aromatic rings. The Hall–Kier alpha value is -1.90. The second-order valence-electron chi connectivity index (χ2n) is 6.72. The number of rotatable bonds is 6. The fourth-order valence-electron chi connectivity index (χ4n) is 3.38. The summed E-state index contributed by atoms with van der Waals surface area (Å²) in [6.45, 7) is 4.18. The van der Waals surface area contributed by atoms with Gasteiger partial charge in [0.15, 0.2) is 5.96 Å². The maximum Gasteiger partial charge on any atom is 0.241 e. The fraction of sp³-hybridized carbons (Fsp3) is 0.421. The average Bonchev–Trinajstić information content (AvgIpc) is 2.98. The number of aryl methyl sites for hydroxylation is 3. The van der Waals surface area contributed by atoms with Crippen LogP contribution in [0.1, 0.15) is 33.7 Å². The number of nitrogens with zero attached hydrogens (tertiary/aromatic N) is 1. The minimum atomic E-state index is -3.51. The zero-order valence-electron chi connectivity index (χ0n) is 15.7. The normalized spacial score (nSPS) is 14.8. The van der Waals surface area contributed by atoms with Crippen LogP contribution in [-0.2, 0) is 22.9 Å². The van der Waals surface area contributed by atoms with Crippen LogP contribution in [-0.4, -0.2) is 27.5 Å². The number of anilines is 1. The van der Waals surface area contributed by atoms with Crippen LogP contribution in [0, 0.1) is 13.8 Å². The van der Waals surface area contributed by atoms with E-state index in [0.29, 0.717) is 10.9 Å². The number of benzene rings is 1. The summed E-state index contributed by atoms with van der Waals surface area (Å²) in [5.41, 5.74) is 9.67. The molecule has 0 radical (unpaired) electrons. The molecule has 0 bridgehead atoms. The number of sulfonamides is 1. The number of hydrogen-bond acceptors (Lipinski definition) is 4. The monoisotopic (exact) mass is 406 g/mol. The molecule has 1 heterocycles. The zero-order chi connectivity index (χ0) is 19.4. The lowest BCUT2D eigenvalue weighted by Gasteiger charge is -2.19. The van der Waals surface area contributed by atoms with Gasteiger partial charge in [0.05, 0.1) is 11.4 Å². The second-order valence-corrected chi connectivity index (χ2v) is 9.91. The molecular weight excluding hydrogens is 380 g/mol. The van der Waals surface area contributed by atoms with Gasteiger partial charge in [-0.25, -0.2) is 13.1 Å². The van der Waals surface area contributed by atoms with Crippen molar-refractivity contribution >= 4 is 33.0 Å². The molecule has 0 unspecified atom stereocenters. The molecule has 1 aliphatic rings. The van der Waals surface area contributed by atoms with Gasteiger partial charge in [0, 0.05) is 22.0 Å². The van der Waals surface area contributed by atoms with Crippen molar-refractivity contribution in [3.8, 4) is 0 Å². The molecule has 0 spiro atoms. The van der Waals surface area contributed by atoms with Gasteiger partial charge >= 0.3 is 0 Å². The third kappa shape index (κ3) is 4.88. The summed E-state index contributed by atoms with van der Waals surface area (Å²) in [7, 11) is -3.51. The molecule has 0 saturated heterocycles. The van der Waals surface area contributed by atoms with E-state index in [4.69, 9.17) is 5.73 Å². The highest BCUT2D eigenvalue weighted by atomic mass is 32.2. The summed E-state index contributed by atoms with van der Waals surface area (Å²) >= 11 is 1.48. The number of nitrogens with one attached hydrogen (secondary N) is 2. The third-order valence-electron chi connectivity index (χ3n) is 4.63. The van der Waals surface area contributed by atoms with Crippen LogP contribution in [0.15, 0.2) is 34.2 Å². The van der Waals surface area contributed by atoms with E-state index in [0.717, 1.165) is 28.3 Å². The van der Waals surface area contributed by atoms with Gasteiger partial charge in [-0.15, -0.1) is 11.3 Å². The van der Waals surface area contributed by atoms with Crippen molar-refractivity contribution in [2.75, 3.05) is 18.4 Å². The van der Waals surface area contributed by atoms with Crippen molar-refractivity contribution < 1.29 is 8.42 Å². The summed E-state index contributed by atoms with van der Waals surface area (Å²) in [5, 5.41) is 3.16. The first-order chi connectivity index (χ1) is 12.9. The first-order valence-corrected chi connectivity index (χ1v) is 11.4. The first kappa shape index (κ1) is 19.9. The van der Waals surface area contributed by atoms with E-state index in [1.165, 1.54) is 35.3 Å². The lowest BCUT2D eigenvalue weighted by Crippen LogP contribution is -2.29. The minimum absolute atomic E-state index is 0.200. The Kier molecular flexibility index (Phi) is 6.18. The number of thiophene rings is 1. The Bertz CT molecular complexity index is 949. The Labute approximate surface area is 165 Å². The van der Waals surface area contributed by atoms with Gasteiger partial charge in [0.2, 0.25) is 10.0 Å². The summed E-state index contributed by atoms with van der Waals surface area (Å²) in [6, 6.07) is 7.89. The smallest absolute Gasteiger partial charge is 0.241 e. The maximum atomic E-state index is 12.4. The SMILES string of the molecule is Cc1cc(S(=O)(=O)NCCN=C(N)Nc2cccc3c2CCCC3)c(C)s1. The molecule has 27 heavy (non-hydrogen) atoms. The summed E-state index contributed by atoms with van der Waals surface area (Å²) in [4.78, 5) is 6.36. The summed E-state index contributed by atoms with van der Waals surface area (Å²) in [5.74, 6) is 0.302. The molecule has 6 nitrogen and oxygen atoms in total. The van der Waals surface area contributed by atoms with Crippen molar-refractivity contribution in [2.24, 2.45) is 10.7 Å². The first-order valence-electron chi connectivity index (χ1n) is 9.11. The van der Waals surface area contributed by atoms with Gasteiger partial charge in [-0.1, -0.05) is 12.1 Å². The Morgan fingerprint density at radius 3 is 2.78 bits per heavy atom. The number of guanidine groups is 1. The van der Waals surface area contributed by atoms with Crippen LogP contribution >= 0.6 is 11.3 Å². The summed E-state index contributed by atoms with van der Waals surface area (Å²) < 4.78 is 27.3. The number of fused-ring (bicyclic) bond motifs is 1. The topological polar surface area (TPSA) is 96.6 Å². The largest absolute Gasteiger partial charge is 0.370 e. The van der Waals surface area contributed by atoms with Crippen molar-refractivity contribution in [1.29, 1.82) is 0 Å². The molecule has 3 rings (SSSR count). The number of nitrogens with two attached hydrogens (primary N) is 1. The van der Waals surface area contributed by atoms with Crippen LogP contribution in [0.25, 0.3) is 0 Å². The van der Waals surface area contributed by atoms with E-state index in [9.17, 15) is 8.42 Å².